The summed E-state index contributed by atoms with van der Waals surface area (Å²) in [7, 11) is 0. The summed E-state index contributed by atoms with van der Waals surface area (Å²) in [5, 5.41) is 0. The number of allylic oxidation sites excluding steroid dienone is 8. The highest BCUT2D eigenvalue weighted by atomic mass is 14.2. The van der Waals surface area contributed by atoms with Crippen molar-refractivity contribution in [3.05, 3.63) is 47.6 Å². The first-order chi connectivity index (χ1) is 6.90. The van der Waals surface area contributed by atoms with Gasteiger partial charge in [-0.15, -0.1) is 0 Å². The van der Waals surface area contributed by atoms with Crippen LogP contribution in [0.2, 0.25) is 0 Å². The van der Waals surface area contributed by atoms with Crippen molar-refractivity contribution in [3.63, 3.8) is 0 Å². The van der Waals surface area contributed by atoms with Gasteiger partial charge in [0.2, 0.25) is 0 Å². The van der Waals surface area contributed by atoms with Crippen molar-refractivity contribution < 1.29 is 0 Å². The Labute approximate surface area is 86.7 Å². The molecule has 0 heterocycles. The second-order valence-corrected chi connectivity index (χ2v) is 4.06. The third-order valence-electron chi connectivity index (χ3n) is 3.06. The molecule has 0 N–H and O–H groups in total. The molecule has 2 aliphatic carbocycles. The van der Waals surface area contributed by atoms with Crippen LogP contribution in [0.4, 0.5) is 0 Å². The van der Waals surface area contributed by atoms with Gasteiger partial charge in [0, 0.05) is 5.92 Å². The smallest absolute Gasteiger partial charge is 0.00551 e. The zero-order chi connectivity index (χ0) is 9.80. The van der Waals surface area contributed by atoms with Gasteiger partial charge in [0.05, 0.1) is 0 Å². The van der Waals surface area contributed by atoms with Crippen LogP contribution in [0.3, 0.4) is 0 Å². The maximum absolute atomic E-state index is 2.40. The number of hydrogen-bond acceptors (Lipinski definition) is 0. The van der Waals surface area contributed by atoms with Gasteiger partial charge in [0.1, 0.15) is 0 Å². The standard InChI is InChI=1S/C14H18/c1-2-12-7-6-10-14(11-12)13-8-4-3-5-9-13/h4,6-10,14H,2-3,5,11H2,1H3. The van der Waals surface area contributed by atoms with E-state index in [-0.39, 0.29) is 0 Å². The molecule has 0 aromatic heterocycles. The van der Waals surface area contributed by atoms with Crippen molar-refractivity contribution in [1.82, 2.24) is 0 Å². The molecular weight excluding hydrogens is 168 g/mol. The highest BCUT2D eigenvalue weighted by Crippen LogP contribution is 2.29. The summed E-state index contributed by atoms with van der Waals surface area (Å²) in [5.41, 5.74) is 3.10. The fourth-order valence-electron chi connectivity index (χ4n) is 2.14. The van der Waals surface area contributed by atoms with Crippen LogP contribution in [0.15, 0.2) is 47.6 Å². The molecule has 0 amide bonds. The van der Waals surface area contributed by atoms with Crippen molar-refractivity contribution in [2.45, 2.75) is 32.6 Å². The van der Waals surface area contributed by atoms with E-state index in [4.69, 9.17) is 0 Å². The van der Waals surface area contributed by atoms with E-state index in [0.29, 0.717) is 5.92 Å². The normalized spacial score (nSPS) is 25.9. The van der Waals surface area contributed by atoms with Crippen molar-refractivity contribution in [1.29, 1.82) is 0 Å². The average molecular weight is 186 g/mol. The average Bonchev–Trinajstić information content (AvgIpc) is 2.30. The summed E-state index contributed by atoms with van der Waals surface area (Å²) >= 11 is 0. The topological polar surface area (TPSA) is 0 Å². The lowest BCUT2D eigenvalue weighted by Gasteiger charge is -2.20. The summed E-state index contributed by atoms with van der Waals surface area (Å²) in [4.78, 5) is 0. The van der Waals surface area contributed by atoms with Crippen LogP contribution in [-0.2, 0) is 0 Å². The van der Waals surface area contributed by atoms with Crippen LogP contribution in [0.5, 0.6) is 0 Å². The van der Waals surface area contributed by atoms with Crippen LogP contribution < -0.4 is 0 Å². The Morgan fingerprint density at radius 1 is 1.36 bits per heavy atom. The zero-order valence-corrected chi connectivity index (χ0v) is 8.87. The second-order valence-electron chi connectivity index (χ2n) is 4.06. The van der Waals surface area contributed by atoms with Crippen LogP contribution in [0.25, 0.3) is 0 Å². The van der Waals surface area contributed by atoms with Crippen molar-refractivity contribution in [3.8, 4) is 0 Å². The quantitative estimate of drug-likeness (QED) is 0.607. The van der Waals surface area contributed by atoms with Crippen LogP contribution in [-0.4, -0.2) is 0 Å². The van der Waals surface area contributed by atoms with Gasteiger partial charge in [0.15, 0.2) is 0 Å². The first kappa shape index (κ1) is 9.51. The van der Waals surface area contributed by atoms with E-state index in [0.717, 1.165) is 0 Å². The summed E-state index contributed by atoms with van der Waals surface area (Å²) in [6, 6.07) is 0. The molecule has 0 radical (unpaired) electrons. The molecular formula is C14H18. The van der Waals surface area contributed by atoms with E-state index in [2.05, 4.69) is 43.4 Å². The Morgan fingerprint density at radius 2 is 2.29 bits per heavy atom. The molecule has 0 aromatic carbocycles. The lowest BCUT2D eigenvalue weighted by atomic mass is 9.85. The fourth-order valence-corrected chi connectivity index (χ4v) is 2.14. The Bertz CT molecular complexity index is 313. The van der Waals surface area contributed by atoms with Crippen molar-refractivity contribution >= 4 is 0 Å². The third-order valence-corrected chi connectivity index (χ3v) is 3.06. The molecule has 0 fully saturated rings. The zero-order valence-electron chi connectivity index (χ0n) is 8.87. The van der Waals surface area contributed by atoms with Crippen LogP contribution in [0, 0.1) is 5.92 Å². The molecule has 74 valence electrons. The van der Waals surface area contributed by atoms with E-state index >= 15 is 0 Å². The van der Waals surface area contributed by atoms with Gasteiger partial charge in [-0.1, -0.05) is 49.0 Å². The van der Waals surface area contributed by atoms with Gasteiger partial charge in [-0.2, -0.15) is 0 Å². The second kappa shape index (κ2) is 4.45. The molecule has 0 bridgehead atoms. The van der Waals surface area contributed by atoms with Gasteiger partial charge in [-0.25, -0.2) is 0 Å². The summed E-state index contributed by atoms with van der Waals surface area (Å²) in [5.74, 6) is 0.645. The molecule has 0 saturated heterocycles. The van der Waals surface area contributed by atoms with E-state index in [1.165, 1.54) is 31.3 Å². The maximum atomic E-state index is 2.40. The summed E-state index contributed by atoms with van der Waals surface area (Å²) in [6.07, 6.45) is 18.7. The highest BCUT2D eigenvalue weighted by Gasteiger charge is 2.13. The summed E-state index contributed by atoms with van der Waals surface area (Å²) in [6.45, 7) is 2.24. The molecule has 2 aliphatic rings. The van der Waals surface area contributed by atoms with Gasteiger partial charge < -0.3 is 0 Å². The predicted molar refractivity (Wildman–Crippen MR) is 62.1 cm³/mol. The molecule has 0 spiro atoms. The third kappa shape index (κ3) is 2.06. The Balaban J connectivity index is 2.07. The first-order valence-corrected chi connectivity index (χ1v) is 5.63. The molecule has 0 aromatic rings. The predicted octanol–water partition coefficient (Wildman–Crippen LogP) is 4.18. The SMILES string of the molecule is CCC1=CC=CC(C2=CCCC=C2)C1. The molecule has 0 aliphatic heterocycles. The van der Waals surface area contributed by atoms with Gasteiger partial charge in [-0.05, 0) is 31.3 Å². The minimum absolute atomic E-state index is 0.645. The molecule has 2 rings (SSSR count). The Hall–Kier alpha value is -1.04. The summed E-state index contributed by atoms with van der Waals surface area (Å²) < 4.78 is 0. The lowest BCUT2D eigenvalue weighted by Crippen LogP contribution is -2.05. The van der Waals surface area contributed by atoms with Crippen LogP contribution in [0.1, 0.15) is 32.6 Å². The monoisotopic (exact) mass is 186 g/mol. The molecule has 1 unspecified atom stereocenters. The Morgan fingerprint density at radius 3 is 3.00 bits per heavy atom. The van der Waals surface area contributed by atoms with Crippen molar-refractivity contribution in [2.24, 2.45) is 5.92 Å². The maximum Gasteiger partial charge on any atom is 0.00551 e. The van der Waals surface area contributed by atoms with E-state index < -0.39 is 0 Å². The minimum Gasteiger partial charge on any atom is -0.0839 e. The van der Waals surface area contributed by atoms with E-state index in [9.17, 15) is 0 Å². The largest absolute Gasteiger partial charge is 0.0839 e. The first-order valence-electron chi connectivity index (χ1n) is 5.63. The Kier molecular flexibility index (Phi) is 3.03. The van der Waals surface area contributed by atoms with Gasteiger partial charge in [-0.3, -0.25) is 0 Å². The molecule has 14 heavy (non-hydrogen) atoms. The molecule has 0 heteroatoms. The van der Waals surface area contributed by atoms with Crippen LogP contribution >= 0.6 is 0 Å². The molecule has 0 saturated carbocycles. The minimum atomic E-state index is 0.645. The van der Waals surface area contributed by atoms with Gasteiger partial charge >= 0.3 is 0 Å². The van der Waals surface area contributed by atoms with Crippen molar-refractivity contribution in [2.75, 3.05) is 0 Å². The van der Waals surface area contributed by atoms with E-state index in [1.807, 2.05) is 0 Å². The fraction of sp³-hybridized carbons (Fsp3) is 0.429. The molecule has 0 nitrogen and oxygen atoms in total. The number of hydrogen-bond donors (Lipinski definition) is 0. The van der Waals surface area contributed by atoms with E-state index in [1.54, 1.807) is 5.57 Å². The number of rotatable bonds is 2. The molecule has 1 atom stereocenters. The lowest BCUT2D eigenvalue weighted by molar-refractivity contribution is 0.720. The van der Waals surface area contributed by atoms with Gasteiger partial charge in [0.25, 0.3) is 0 Å². The highest BCUT2D eigenvalue weighted by molar-refractivity contribution is 5.33.